The molecule has 0 bridgehead atoms. The van der Waals surface area contributed by atoms with E-state index in [0.717, 1.165) is 5.56 Å². The van der Waals surface area contributed by atoms with E-state index < -0.39 is 12.0 Å². The molecule has 0 spiro atoms. The third-order valence-corrected chi connectivity index (χ3v) is 4.00. The highest BCUT2D eigenvalue weighted by Gasteiger charge is 2.47. The van der Waals surface area contributed by atoms with Crippen molar-refractivity contribution in [1.29, 1.82) is 0 Å². The van der Waals surface area contributed by atoms with Gasteiger partial charge in [0.25, 0.3) is 0 Å². The largest absolute Gasteiger partial charge is 0.481 e. The first kappa shape index (κ1) is 14.0. The van der Waals surface area contributed by atoms with Gasteiger partial charge in [0.05, 0.1) is 25.0 Å². The Morgan fingerprint density at radius 2 is 1.89 bits per heavy atom. The van der Waals surface area contributed by atoms with Crippen molar-refractivity contribution in [3.8, 4) is 0 Å². The monoisotopic (exact) mass is 263 g/mol. The predicted octanol–water partition coefficient (Wildman–Crippen LogP) is 1.68. The molecule has 1 aliphatic heterocycles. The minimum atomic E-state index is -0.860. The molecule has 0 radical (unpaired) electrons. The minimum absolute atomic E-state index is 0.0316. The molecule has 4 heteroatoms. The summed E-state index contributed by atoms with van der Waals surface area (Å²) in [7, 11) is 0. The van der Waals surface area contributed by atoms with Gasteiger partial charge in [0.2, 0.25) is 0 Å². The van der Waals surface area contributed by atoms with Crippen LogP contribution in [0.2, 0.25) is 0 Å². The van der Waals surface area contributed by atoms with Gasteiger partial charge in [0.15, 0.2) is 0 Å². The van der Waals surface area contributed by atoms with Crippen LogP contribution in [0.25, 0.3) is 0 Å². The highest BCUT2D eigenvalue weighted by molar-refractivity contribution is 5.68. The summed E-state index contributed by atoms with van der Waals surface area (Å²) in [6, 6.07) is 3.82. The third-order valence-electron chi connectivity index (χ3n) is 4.00. The molecule has 1 heterocycles. The van der Waals surface area contributed by atoms with Gasteiger partial charge in [0, 0.05) is 6.04 Å². The van der Waals surface area contributed by atoms with E-state index in [-0.39, 0.29) is 11.8 Å². The van der Waals surface area contributed by atoms with E-state index >= 15 is 0 Å². The number of hydrogen-bond donors (Lipinski definition) is 2. The van der Waals surface area contributed by atoms with Crippen LogP contribution in [0.1, 0.15) is 28.7 Å². The average Bonchev–Trinajstić information content (AvgIpc) is 2.18. The van der Waals surface area contributed by atoms with Crippen molar-refractivity contribution in [2.24, 2.45) is 5.73 Å². The smallest absolute Gasteiger partial charge is 0.304 e. The van der Waals surface area contributed by atoms with Crippen LogP contribution in [-0.2, 0) is 14.9 Å². The molecule has 0 amide bonds. The van der Waals surface area contributed by atoms with Crippen LogP contribution in [0.5, 0.6) is 0 Å². The first-order valence-corrected chi connectivity index (χ1v) is 6.50. The minimum Gasteiger partial charge on any atom is -0.481 e. The molecule has 0 aromatic heterocycles. The van der Waals surface area contributed by atoms with Gasteiger partial charge in [-0.15, -0.1) is 0 Å². The van der Waals surface area contributed by atoms with Crippen molar-refractivity contribution in [3.63, 3.8) is 0 Å². The quantitative estimate of drug-likeness (QED) is 0.867. The normalized spacial score (nSPS) is 18.7. The van der Waals surface area contributed by atoms with Crippen LogP contribution < -0.4 is 5.73 Å². The maximum atomic E-state index is 10.9. The maximum Gasteiger partial charge on any atom is 0.304 e. The number of carboxylic acids is 1. The first-order valence-electron chi connectivity index (χ1n) is 6.50. The average molecular weight is 263 g/mol. The molecule has 104 valence electrons. The van der Waals surface area contributed by atoms with Gasteiger partial charge in [-0.25, -0.2) is 0 Å². The Hall–Kier alpha value is -1.39. The van der Waals surface area contributed by atoms with Crippen molar-refractivity contribution >= 4 is 5.97 Å². The standard InChI is InChI=1S/C15H21NO3/c1-9-4-10(2)14(11(3)5-9)15(7-19-8-15)12(16)6-13(17)18/h4-5,12H,6-8,16H2,1-3H3,(H,17,18). The topological polar surface area (TPSA) is 72.6 Å². The predicted molar refractivity (Wildman–Crippen MR) is 73.4 cm³/mol. The Morgan fingerprint density at radius 3 is 2.26 bits per heavy atom. The molecule has 1 atom stereocenters. The van der Waals surface area contributed by atoms with Crippen molar-refractivity contribution in [2.45, 2.75) is 38.6 Å². The summed E-state index contributed by atoms with van der Waals surface area (Å²) < 4.78 is 5.36. The second-order valence-electron chi connectivity index (χ2n) is 5.63. The third kappa shape index (κ3) is 2.38. The Labute approximate surface area is 113 Å². The van der Waals surface area contributed by atoms with Crippen molar-refractivity contribution in [2.75, 3.05) is 13.2 Å². The summed E-state index contributed by atoms with van der Waals surface area (Å²) in [5.74, 6) is -0.860. The van der Waals surface area contributed by atoms with Crippen molar-refractivity contribution < 1.29 is 14.6 Å². The van der Waals surface area contributed by atoms with Gasteiger partial charge in [0.1, 0.15) is 0 Å². The molecule has 0 saturated carbocycles. The highest BCUT2D eigenvalue weighted by atomic mass is 16.5. The highest BCUT2D eigenvalue weighted by Crippen LogP contribution is 2.40. The molecule has 1 aliphatic rings. The van der Waals surface area contributed by atoms with Crippen molar-refractivity contribution in [1.82, 2.24) is 0 Å². The van der Waals surface area contributed by atoms with E-state index in [1.54, 1.807) is 0 Å². The summed E-state index contributed by atoms with van der Waals surface area (Å²) in [6.45, 7) is 7.19. The second-order valence-corrected chi connectivity index (χ2v) is 5.63. The lowest BCUT2D eigenvalue weighted by Gasteiger charge is -2.47. The zero-order chi connectivity index (χ0) is 14.2. The first-order chi connectivity index (χ1) is 8.86. The Bertz CT molecular complexity index is 483. The number of aliphatic carboxylic acids is 1. The van der Waals surface area contributed by atoms with E-state index in [1.165, 1.54) is 16.7 Å². The van der Waals surface area contributed by atoms with Gasteiger partial charge in [-0.1, -0.05) is 17.7 Å². The number of rotatable bonds is 4. The lowest BCUT2D eigenvalue weighted by molar-refractivity contribution is -0.140. The summed E-state index contributed by atoms with van der Waals surface area (Å²) in [5.41, 5.74) is 10.5. The summed E-state index contributed by atoms with van der Waals surface area (Å²) in [5, 5.41) is 8.98. The Kier molecular flexibility index (Phi) is 3.65. The SMILES string of the molecule is Cc1cc(C)c(C2(C(N)CC(=O)O)COC2)c(C)c1. The summed E-state index contributed by atoms with van der Waals surface area (Å²) in [4.78, 5) is 10.9. The second kappa shape index (κ2) is 4.94. The van der Waals surface area contributed by atoms with Crippen molar-refractivity contribution in [3.05, 3.63) is 34.4 Å². The van der Waals surface area contributed by atoms with Crippen LogP contribution in [0, 0.1) is 20.8 Å². The fourth-order valence-electron chi connectivity index (χ4n) is 3.21. The number of aryl methyl sites for hydroxylation is 3. The van der Waals surface area contributed by atoms with Crippen LogP contribution in [0.4, 0.5) is 0 Å². The molecule has 4 nitrogen and oxygen atoms in total. The lowest BCUT2D eigenvalue weighted by Crippen LogP contribution is -2.60. The Morgan fingerprint density at radius 1 is 1.37 bits per heavy atom. The number of carboxylic acid groups (broad SMARTS) is 1. The molecular weight excluding hydrogens is 242 g/mol. The van der Waals surface area contributed by atoms with E-state index in [1.807, 2.05) is 0 Å². The zero-order valence-electron chi connectivity index (χ0n) is 11.7. The molecule has 1 aromatic carbocycles. The van der Waals surface area contributed by atoms with Gasteiger partial charge >= 0.3 is 5.97 Å². The number of nitrogens with two attached hydrogens (primary N) is 1. The molecule has 19 heavy (non-hydrogen) atoms. The number of carbonyl (C=O) groups is 1. The molecule has 1 saturated heterocycles. The molecule has 1 unspecified atom stereocenters. The van der Waals surface area contributed by atoms with Gasteiger partial charge in [-0.2, -0.15) is 0 Å². The fraction of sp³-hybridized carbons (Fsp3) is 0.533. The van der Waals surface area contributed by atoms with E-state index in [2.05, 4.69) is 32.9 Å². The summed E-state index contributed by atoms with van der Waals surface area (Å²) >= 11 is 0. The molecular formula is C15H21NO3. The molecule has 1 aromatic rings. The maximum absolute atomic E-state index is 10.9. The lowest BCUT2D eigenvalue weighted by atomic mass is 9.68. The van der Waals surface area contributed by atoms with Crippen LogP contribution in [-0.4, -0.2) is 30.3 Å². The van der Waals surface area contributed by atoms with Crippen LogP contribution in [0.15, 0.2) is 12.1 Å². The zero-order valence-corrected chi connectivity index (χ0v) is 11.7. The number of hydrogen-bond acceptors (Lipinski definition) is 3. The molecule has 2 rings (SSSR count). The van der Waals surface area contributed by atoms with Gasteiger partial charge < -0.3 is 15.6 Å². The fourth-order valence-corrected chi connectivity index (χ4v) is 3.21. The van der Waals surface area contributed by atoms with E-state index in [9.17, 15) is 4.79 Å². The molecule has 1 fully saturated rings. The summed E-state index contributed by atoms with van der Waals surface area (Å²) in [6.07, 6.45) is -0.0316. The number of ether oxygens (including phenoxy) is 1. The molecule has 0 aliphatic carbocycles. The number of benzene rings is 1. The van der Waals surface area contributed by atoms with Gasteiger partial charge in [-0.3, -0.25) is 4.79 Å². The molecule has 3 N–H and O–H groups in total. The van der Waals surface area contributed by atoms with E-state index in [4.69, 9.17) is 15.6 Å². The van der Waals surface area contributed by atoms with Crippen LogP contribution in [0.3, 0.4) is 0 Å². The van der Waals surface area contributed by atoms with Crippen LogP contribution >= 0.6 is 0 Å². The van der Waals surface area contributed by atoms with Gasteiger partial charge in [-0.05, 0) is 37.5 Å². The Balaban J connectivity index is 2.45. The van der Waals surface area contributed by atoms with E-state index in [0.29, 0.717) is 13.2 Å².